The van der Waals surface area contributed by atoms with E-state index >= 15 is 0 Å². The molecule has 0 atom stereocenters. The third kappa shape index (κ3) is 5.87. The van der Waals surface area contributed by atoms with Gasteiger partial charge in [0.2, 0.25) is 0 Å². The lowest BCUT2D eigenvalue weighted by molar-refractivity contribution is 0.195. The van der Waals surface area contributed by atoms with Crippen molar-refractivity contribution in [1.82, 2.24) is 9.97 Å². The van der Waals surface area contributed by atoms with Gasteiger partial charge >= 0.3 is 0 Å². The first kappa shape index (κ1) is 18.8. The summed E-state index contributed by atoms with van der Waals surface area (Å²) in [6.07, 6.45) is 4.29. The molecule has 8 heteroatoms. The van der Waals surface area contributed by atoms with Crippen molar-refractivity contribution < 1.29 is 9.13 Å². The molecule has 24 heavy (non-hydrogen) atoms. The van der Waals surface area contributed by atoms with E-state index < -0.39 is 5.82 Å². The summed E-state index contributed by atoms with van der Waals surface area (Å²) < 4.78 is 17.4. The highest BCUT2D eigenvalue weighted by Crippen LogP contribution is 2.12. The van der Waals surface area contributed by atoms with Crippen molar-refractivity contribution >= 4 is 11.6 Å². The lowest BCUT2D eigenvalue weighted by atomic mass is 10.1. The number of hydrogen-bond acceptors (Lipinski definition) is 7. The highest BCUT2D eigenvalue weighted by atomic mass is 19.1. The predicted octanol–water partition coefficient (Wildman–Crippen LogP) is 1.79. The molecule has 0 aliphatic rings. The second-order valence-electron chi connectivity index (χ2n) is 4.68. The zero-order valence-electron chi connectivity index (χ0n) is 13.2. The van der Waals surface area contributed by atoms with Crippen molar-refractivity contribution in [1.29, 1.82) is 10.5 Å². The molecule has 2 aromatic heterocycles. The van der Waals surface area contributed by atoms with Crippen LogP contribution >= 0.6 is 0 Å². The quantitative estimate of drug-likeness (QED) is 0.817. The van der Waals surface area contributed by atoms with E-state index in [0.29, 0.717) is 18.0 Å². The molecule has 2 aromatic rings. The molecule has 2 heterocycles. The number of rotatable bonds is 4. The number of halogens is 1. The molecule has 0 aliphatic heterocycles. The Bertz CT molecular complexity index is 766. The summed E-state index contributed by atoms with van der Waals surface area (Å²) in [6, 6.07) is 6.48. The van der Waals surface area contributed by atoms with Crippen LogP contribution in [-0.2, 0) is 11.2 Å². The van der Waals surface area contributed by atoms with E-state index in [1.807, 2.05) is 0 Å². The molecule has 0 radical (unpaired) electrons. The number of nitrogens with zero attached hydrogens (tertiary/aromatic N) is 4. The number of hydrogen-bond donors (Lipinski definition) is 2. The Morgan fingerprint density at radius 3 is 2.21 bits per heavy atom. The molecule has 7 nitrogen and oxygen atoms in total. The monoisotopic (exact) mass is 328 g/mol. The van der Waals surface area contributed by atoms with Crippen molar-refractivity contribution in [2.75, 3.05) is 25.2 Å². The number of methoxy groups -OCH3 is 1. The van der Waals surface area contributed by atoms with Gasteiger partial charge in [-0.1, -0.05) is 0 Å². The van der Waals surface area contributed by atoms with Gasteiger partial charge in [-0.15, -0.1) is 0 Å². The summed E-state index contributed by atoms with van der Waals surface area (Å²) in [6.45, 7) is 0.688. The maximum absolute atomic E-state index is 12.5. The zero-order chi connectivity index (χ0) is 17.9. The Labute approximate surface area is 139 Å². The van der Waals surface area contributed by atoms with Gasteiger partial charge in [0.05, 0.1) is 11.8 Å². The first-order valence-electron chi connectivity index (χ1n) is 6.96. The first-order chi connectivity index (χ1) is 11.5. The van der Waals surface area contributed by atoms with Crippen LogP contribution in [0.4, 0.5) is 16.0 Å². The van der Waals surface area contributed by atoms with Crippen molar-refractivity contribution in [3.63, 3.8) is 0 Å². The number of nitriles is 2. The number of ether oxygens (including phenoxy) is 1. The van der Waals surface area contributed by atoms with Crippen molar-refractivity contribution in [2.45, 2.75) is 12.8 Å². The topological polar surface area (TPSA) is 135 Å². The average Bonchev–Trinajstić information content (AvgIpc) is 2.56. The second-order valence-corrected chi connectivity index (χ2v) is 4.68. The fourth-order valence-corrected chi connectivity index (χ4v) is 1.76. The SMILES string of the molecule is COCCCc1cc(N)ncc1C#N.N#Cc1cnc(N)cc1F. The van der Waals surface area contributed by atoms with Gasteiger partial charge in [-0.05, 0) is 24.5 Å². The molecule has 0 fully saturated rings. The summed E-state index contributed by atoms with van der Waals surface area (Å²) >= 11 is 0. The lowest BCUT2D eigenvalue weighted by Crippen LogP contribution is -1.99. The van der Waals surface area contributed by atoms with Gasteiger partial charge in [0, 0.05) is 26.0 Å². The van der Waals surface area contributed by atoms with E-state index in [0.717, 1.165) is 30.7 Å². The normalized spacial score (nSPS) is 9.33. The minimum absolute atomic E-state index is 0.0801. The average molecular weight is 328 g/mol. The van der Waals surface area contributed by atoms with Gasteiger partial charge in [-0.2, -0.15) is 10.5 Å². The first-order valence-corrected chi connectivity index (χ1v) is 6.96. The summed E-state index contributed by atoms with van der Waals surface area (Å²) in [7, 11) is 1.66. The molecule has 0 amide bonds. The van der Waals surface area contributed by atoms with Crippen LogP contribution in [0.1, 0.15) is 23.1 Å². The van der Waals surface area contributed by atoms with Gasteiger partial charge in [-0.25, -0.2) is 14.4 Å². The summed E-state index contributed by atoms with van der Waals surface area (Å²) in [5.74, 6) is -0.0945. The smallest absolute Gasteiger partial charge is 0.146 e. The van der Waals surface area contributed by atoms with Crippen LogP contribution in [0.3, 0.4) is 0 Å². The summed E-state index contributed by atoms with van der Waals surface area (Å²) in [5, 5.41) is 17.0. The number of pyridine rings is 2. The van der Waals surface area contributed by atoms with Crippen LogP contribution in [0.2, 0.25) is 0 Å². The van der Waals surface area contributed by atoms with Crippen LogP contribution in [0.5, 0.6) is 0 Å². The number of anilines is 2. The fraction of sp³-hybridized carbons (Fsp3) is 0.250. The van der Waals surface area contributed by atoms with E-state index in [2.05, 4.69) is 16.0 Å². The molecule has 0 bridgehead atoms. The molecule has 124 valence electrons. The molecule has 0 aromatic carbocycles. The zero-order valence-corrected chi connectivity index (χ0v) is 13.2. The van der Waals surface area contributed by atoms with Gasteiger partial charge in [0.1, 0.15) is 35.2 Å². The van der Waals surface area contributed by atoms with Gasteiger partial charge in [0.25, 0.3) is 0 Å². The second kappa shape index (κ2) is 9.72. The lowest BCUT2D eigenvalue weighted by Gasteiger charge is -2.03. The van der Waals surface area contributed by atoms with Gasteiger partial charge in [-0.3, -0.25) is 0 Å². The number of aromatic nitrogens is 2. The van der Waals surface area contributed by atoms with Crippen LogP contribution < -0.4 is 11.5 Å². The number of nitrogens with two attached hydrogens (primary N) is 2. The molecule has 0 saturated heterocycles. The van der Waals surface area contributed by atoms with E-state index in [1.165, 1.54) is 6.20 Å². The largest absolute Gasteiger partial charge is 0.385 e. The van der Waals surface area contributed by atoms with Crippen molar-refractivity contribution in [2.24, 2.45) is 0 Å². The van der Waals surface area contributed by atoms with Crippen LogP contribution in [0, 0.1) is 28.5 Å². The minimum Gasteiger partial charge on any atom is -0.385 e. The molecule has 0 aliphatic carbocycles. The molecule has 2 rings (SSSR count). The van der Waals surface area contributed by atoms with E-state index in [-0.39, 0.29) is 11.4 Å². The standard InChI is InChI=1S/C10H13N3O.C6H4FN3/c1-14-4-2-3-8-5-10(12)13-7-9(8)6-11;7-5-1-6(9)10-3-4(5)2-8/h5,7H,2-4H2,1H3,(H2,12,13);1,3H,(H2,9,10). The van der Waals surface area contributed by atoms with Crippen molar-refractivity contribution in [3.8, 4) is 12.1 Å². The number of aryl methyl sites for hydroxylation is 1. The van der Waals surface area contributed by atoms with Crippen molar-refractivity contribution in [3.05, 3.63) is 47.0 Å². The maximum atomic E-state index is 12.5. The Morgan fingerprint density at radius 2 is 1.67 bits per heavy atom. The molecular formula is C16H17FN6O. The van der Waals surface area contributed by atoms with Gasteiger partial charge < -0.3 is 16.2 Å². The van der Waals surface area contributed by atoms with E-state index in [4.69, 9.17) is 26.7 Å². The Morgan fingerprint density at radius 1 is 1.08 bits per heavy atom. The fourth-order valence-electron chi connectivity index (χ4n) is 1.76. The Balaban J connectivity index is 0.000000254. The molecule has 4 N–H and O–H groups in total. The van der Waals surface area contributed by atoms with E-state index in [9.17, 15) is 4.39 Å². The Kier molecular flexibility index (Phi) is 7.62. The van der Waals surface area contributed by atoms with Crippen LogP contribution in [0.25, 0.3) is 0 Å². The predicted molar refractivity (Wildman–Crippen MR) is 86.9 cm³/mol. The maximum Gasteiger partial charge on any atom is 0.146 e. The van der Waals surface area contributed by atoms with Gasteiger partial charge in [0.15, 0.2) is 0 Å². The summed E-state index contributed by atoms with van der Waals surface area (Å²) in [5.41, 5.74) is 12.1. The third-order valence-corrected chi connectivity index (χ3v) is 2.92. The minimum atomic E-state index is -0.630. The molecule has 0 saturated carbocycles. The third-order valence-electron chi connectivity index (χ3n) is 2.92. The highest BCUT2D eigenvalue weighted by molar-refractivity contribution is 5.43. The highest BCUT2D eigenvalue weighted by Gasteiger charge is 2.03. The van der Waals surface area contributed by atoms with Crippen LogP contribution in [0.15, 0.2) is 24.5 Å². The van der Waals surface area contributed by atoms with Crippen LogP contribution in [-0.4, -0.2) is 23.7 Å². The summed E-state index contributed by atoms with van der Waals surface area (Å²) in [4.78, 5) is 7.39. The molecule has 0 unspecified atom stereocenters. The molecular weight excluding hydrogens is 311 g/mol. The Hall–Kier alpha value is -3.23. The number of nitrogen functional groups attached to an aromatic ring is 2. The molecule has 0 spiro atoms. The van der Waals surface area contributed by atoms with E-state index in [1.54, 1.807) is 19.2 Å².